The van der Waals surface area contributed by atoms with Gasteiger partial charge >= 0.3 is 0 Å². The molecular formula is C27H26BrN3O3. The van der Waals surface area contributed by atoms with Crippen molar-refractivity contribution in [3.05, 3.63) is 106 Å². The van der Waals surface area contributed by atoms with E-state index in [4.69, 9.17) is 9.47 Å². The molecule has 0 saturated carbocycles. The Labute approximate surface area is 207 Å². The van der Waals surface area contributed by atoms with Gasteiger partial charge in [0.25, 0.3) is 5.91 Å². The van der Waals surface area contributed by atoms with Gasteiger partial charge < -0.3 is 14.8 Å². The molecule has 0 unspecified atom stereocenters. The summed E-state index contributed by atoms with van der Waals surface area (Å²) in [6, 6.07) is 23.1. The highest BCUT2D eigenvalue weighted by Crippen LogP contribution is 2.20. The van der Waals surface area contributed by atoms with E-state index in [-0.39, 0.29) is 12.6 Å². The number of benzene rings is 3. The lowest BCUT2D eigenvalue weighted by atomic mass is 10.0. The number of rotatable bonds is 9. The summed E-state index contributed by atoms with van der Waals surface area (Å²) in [5.74, 6) is 1.81. The summed E-state index contributed by atoms with van der Waals surface area (Å²) in [6.07, 6.45) is 3.32. The third-order valence-corrected chi connectivity index (χ3v) is 5.74. The molecule has 4 aromatic rings. The Morgan fingerprint density at radius 1 is 1.00 bits per heavy atom. The van der Waals surface area contributed by atoms with Crippen LogP contribution in [0.5, 0.6) is 11.5 Å². The van der Waals surface area contributed by atoms with E-state index in [9.17, 15) is 4.79 Å². The molecule has 1 N–H and O–H groups in total. The van der Waals surface area contributed by atoms with Gasteiger partial charge in [-0.2, -0.15) is 5.10 Å². The van der Waals surface area contributed by atoms with Crippen molar-refractivity contribution in [2.75, 3.05) is 5.32 Å². The number of hydrogen-bond donors (Lipinski definition) is 1. The van der Waals surface area contributed by atoms with Crippen LogP contribution < -0.4 is 14.8 Å². The number of carbonyl (C=O) groups excluding carboxylic acids is 1. The number of amides is 1. The Kier molecular flexibility index (Phi) is 7.65. The van der Waals surface area contributed by atoms with Crippen molar-refractivity contribution in [1.29, 1.82) is 0 Å². The molecule has 7 heteroatoms. The van der Waals surface area contributed by atoms with Gasteiger partial charge in [0, 0.05) is 10.0 Å². The topological polar surface area (TPSA) is 65.4 Å². The Morgan fingerprint density at radius 3 is 2.44 bits per heavy atom. The van der Waals surface area contributed by atoms with Gasteiger partial charge in [0.1, 0.15) is 18.1 Å². The van der Waals surface area contributed by atoms with Gasteiger partial charge in [-0.1, -0.05) is 54.0 Å². The van der Waals surface area contributed by atoms with Crippen LogP contribution in [0.15, 0.2) is 89.7 Å². The number of carbonyl (C=O) groups is 1. The molecule has 0 fully saturated rings. The van der Waals surface area contributed by atoms with Crippen molar-refractivity contribution in [3.8, 4) is 11.5 Å². The fourth-order valence-electron chi connectivity index (χ4n) is 3.29. The molecule has 0 radical (unpaired) electrons. The van der Waals surface area contributed by atoms with E-state index in [1.807, 2.05) is 54.6 Å². The number of halogens is 1. The SMILES string of the molecule is CC(C)c1ccc(OCc2cccc(C(=O)Nc3cnn(COc4ccc(Br)cc4)c3)c2)cc1. The molecule has 34 heavy (non-hydrogen) atoms. The standard InChI is InChI=1S/C27H26BrN3O3/c1-19(2)21-6-10-25(11-7-21)33-17-20-4-3-5-22(14-20)27(32)30-24-15-29-31(16-24)18-34-26-12-8-23(28)9-13-26/h3-16,19H,17-18H2,1-2H3,(H,30,32). The van der Waals surface area contributed by atoms with Crippen LogP contribution in [0.3, 0.4) is 0 Å². The maximum atomic E-state index is 12.7. The predicted octanol–water partition coefficient (Wildman–Crippen LogP) is 6.64. The number of nitrogens with one attached hydrogen (secondary N) is 1. The van der Waals surface area contributed by atoms with Crippen molar-refractivity contribution in [2.24, 2.45) is 0 Å². The minimum atomic E-state index is -0.212. The van der Waals surface area contributed by atoms with Crippen LogP contribution in [0.2, 0.25) is 0 Å². The van der Waals surface area contributed by atoms with Crippen molar-refractivity contribution in [3.63, 3.8) is 0 Å². The zero-order chi connectivity index (χ0) is 23.9. The molecule has 3 aromatic carbocycles. The fraction of sp³-hybridized carbons (Fsp3) is 0.185. The van der Waals surface area contributed by atoms with Gasteiger partial charge in [-0.25, -0.2) is 4.68 Å². The van der Waals surface area contributed by atoms with Crippen LogP contribution in [0.25, 0.3) is 0 Å². The van der Waals surface area contributed by atoms with E-state index in [0.29, 0.717) is 23.8 Å². The van der Waals surface area contributed by atoms with Crippen molar-refractivity contribution in [1.82, 2.24) is 9.78 Å². The van der Waals surface area contributed by atoms with Crippen LogP contribution in [-0.4, -0.2) is 15.7 Å². The van der Waals surface area contributed by atoms with E-state index in [0.717, 1.165) is 21.5 Å². The van der Waals surface area contributed by atoms with Gasteiger partial charge in [0.05, 0.1) is 18.1 Å². The van der Waals surface area contributed by atoms with Crippen molar-refractivity contribution >= 4 is 27.5 Å². The second kappa shape index (κ2) is 11.0. The largest absolute Gasteiger partial charge is 0.489 e. The normalized spacial score (nSPS) is 10.8. The highest BCUT2D eigenvalue weighted by atomic mass is 79.9. The summed E-state index contributed by atoms with van der Waals surface area (Å²) < 4.78 is 14.2. The Morgan fingerprint density at radius 2 is 1.71 bits per heavy atom. The maximum absolute atomic E-state index is 12.7. The van der Waals surface area contributed by atoms with E-state index in [2.05, 4.69) is 52.3 Å². The fourth-order valence-corrected chi connectivity index (χ4v) is 3.56. The molecule has 0 saturated heterocycles. The average Bonchev–Trinajstić information content (AvgIpc) is 3.30. The maximum Gasteiger partial charge on any atom is 0.255 e. The Hall–Kier alpha value is -3.58. The predicted molar refractivity (Wildman–Crippen MR) is 136 cm³/mol. The number of aromatic nitrogens is 2. The first-order chi connectivity index (χ1) is 16.5. The average molecular weight is 520 g/mol. The van der Waals surface area contributed by atoms with Crippen LogP contribution in [0.1, 0.15) is 41.3 Å². The van der Waals surface area contributed by atoms with Gasteiger partial charge in [0.15, 0.2) is 6.73 Å². The van der Waals surface area contributed by atoms with E-state index >= 15 is 0 Å². The monoisotopic (exact) mass is 519 g/mol. The summed E-state index contributed by atoms with van der Waals surface area (Å²) in [4.78, 5) is 12.7. The molecule has 0 bridgehead atoms. The quantitative estimate of drug-likeness (QED) is 0.269. The summed E-state index contributed by atoms with van der Waals surface area (Å²) >= 11 is 3.40. The van der Waals surface area contributed by atoms with E-state index in [1.54, 1.807) is 23.1 Å². The molecule has 0 aliphatic heterocycles. The Bertz CT molecular complexity index is 1230. The van der Waals surface area contributed by atoms with Crippen molar-refractivity contribution in [2.45, 2.75) is 33.1 Å². The van der Waals surface area contributed by atoms with Crippen LogP contribution in [0, 0.1) is 0 Å². The van der Waals surface area contributed by atoms with Gasteiger partial charge in [-0.15, -0.1) is 0 Å². The lowest BCUT2D eigenvalue weighted by Crippen LogP contribution is -2.12. The molecule has 1 amide bonds. The molecular weight excluding hydrogens is 494 g/mol. The first-order valence-electron chi connectivity index (χ1n) is 11.0. The Balaban J connectivity index is 1.31. The summed E-state index contributed by atoms with van der Waals surface area (Å²) in [7, 11) is 0. The van der Waals surface area contributed by atoms with E-state index < -0.39 is 0 Å². The second-order valence-electron chi connectivity index (χ2n) is 8.16. The van der Waals surface area contributed by atoms with Gasteiger partial charge in [-0.05, 0) is 65.6 Å². The van der Waals surface area contributed by atoms with Gasteiger partial charge in [0.2, 0.25) is 0 Å². The summed E-state index contributed by atoms with van der Waals surface area (Å²) in [5.41, 5.74) is 3.33. The first kappa shape index (κ1) is 23.6. The summed E-state index contributed by atoms with van der Waals surface area (Å²) in [5, 5.41) is 7.12. The van der Waals surface area contributed by atoms with Crippen molar-refractivity contribution < 1.29 is 14.3 Å². The number of ether oxygens (including phenoxy) is 2. The van der Waals surface area contributed by atoms with Crippen LogP contribution in [-0.2, 0) is 13.3 Å². The molecule has 4 rings (SSSR count). The number of anilines is 1. The van der Waals surface area contributed by atoms with E-state index in [1.165, 1.54) is 5.56 Å². The lowest BCUT2D eigenvalue weighted by Gasteiger charge is -2.10. The molecule has 0 aliphatic rings. The molecule has 0 aliphatic carbocycles. The minimum Gasteiger partial charge on any atom is -0.489 e. The zero-order valence-corrected chi connectivity index (χ0v) is 20.7. The molecule has 0 atom stereocenters. The first-order valence-corrected chi connectivity index (χ1v) is 11.8. The number of nitrogens with zero attached hydrogens (tertiary/aromatic N) is 2. The smallest absolute Gasteiger partial charge is 0.255 e. The summed E-state index contributed by atoms with van der Waals surface area (Å²) in [6.45, 7) is 4.94. The van der Waals surface area contributed by atoms with Gasteiger partial charge in [-0.3, -0.25) is 4.79 Å². The number of hydrogen-bond acceptors (Lipinski definition) is 4. The third kappa shape index (κ3) is 6.48. The highest BCUT2D eigenvalue weighted by Gasteiger charge is 2.09. The third-order valence-electron chi connectivity index (χ3n) is 5.21. The highest BCUT2D eigenvalue weighted by molar-refractivity contribution is 9.10. The molecule has 6 nitrogen and oxygen atoms in total. The van der Waals surface area contributed by atoms with Crippen LogP contribution in [0.4, 0.5) is 5.69 Å². The molecule has 1 aromatic heterocycles. The van der Waals surface area contributed by atoms with Crippen LogP contribution >= 0.6 is 15.9 Å². The minimum absolute atomic E-state index is 0.212. The second-order valence-corrected chi connectivity index (χ2v) is 9.08. The lowest BCUT2D eigenvalue weighted by molar-refractivity contribution is 0.102. The molecule has 0 spiro atoms. The zero-order valence-electron chi connectivity index (χ0n) is 19.1. The molecule has 1 heterocycles. The molecule has 174 valence electrons.